The van der Waals surface area contributed by atoms with Gasteiger partial charge in [-0.1, -0.05) is 32.9 Å². The van der Waals surface area contributed by atoms with Gasteiger partial charge in [-0.15, -0.1) is 0 Å². The van der Waals surface area contributed by atoms with Crippen LogP contribution < -0.4 is 9.47 Å². The topological polar surface area (TPSA) is 65.1 Å². The van der Waals surface area contributed by atoms with E-state index in [-0.39, 0.29) is 29.4 Å². The molecular formula is C23H31NO5. The van der Waals surface area contributed by atoms with E-state index in [1.807, 2.05) is 17.0 Å². The quantitative estimate of drug-likeness (QED) is 0.537. The van der Waals surface area contributed by atoms with E-state index >= 15 is 0 Å². The van der Waals surface area contributed by atoms with Crippen molar-refractivity contribution < 1.29 is 23.8 Å². The van der Waals surface area contributed by atoms with Crippen molar-refractivity contribution in [2.75, 3.05) is 27.4 Å². The van der Waals surface area contributed by atoms with Crippen LogP contribution in [0.5, 0.6) is 11.5 Å². The molecule has 29 heavy (non-hydrogen) atoms. The monoisotopic (exact) mass is 401 g/mol. The molecule has 1 saturated carbocycles. The van der Waals surface area contributed by atoms with Crippen molar-refractivity contribution >= 4 is 18.0 Å². The zero-order valence-corrected chi connectivity index (χ0v) is 18.0. The van der Waals surface area contributed by atoms with E-state index in [1.165, 1.54) is 6.08 Å². The Kier molecular flexibility index (Phi) is 5.92. The third-order valence-electron chi connectivity index (χ3n) is 5.91. The first-order valence-electron chi connectivity index (χ1n) is 10.0. The first-order chi connectivity index (χ1) is 13.7. The van der Waals surface area contributed by atoms with Crippen molar-refractivity contribution in [3.05, 3.63) is 29.8 Å². The SMILES string of the molecule is COc1cccc(/C=C/C(=O)OCC(=O)N2C[C@@]3(C)C[C@@H]2CC(C)(C)C3)c1OC. The molecule has 1 aromatic rings. The highest BCUT2D eigenvalue weighted by atomic mass is 16.5. The van der Waals surface area contributed by atoms with Gasteiger partial charge < -0.3 is 19.1 Å². The van der Waals surface area contributed by atoms with Crippen molar-refractivity contribution in [1.29, 1.82) is 0 Å². The van der Waals surface area contributed by atoms with Crippen molar-refractivity contribution in [3.8, 4) is 11.5 Å². The Labute approximate surface area is 172 Å². The summed E-state index contributed by atoms with van der Waals surface area (Å²) in [6, 6.07) is 5.64. The van der Waals surface area contributed by atoms with Gasteiger partial charge >= 0.3 is 5.97 Å². The Bertz CT molecular complexity index is 815. The fourth-order valence-corrected chi connectivity index (χ4v) is 5.22. The van der Waals surface area contributed by atoms with Gasteiger partial charge in [0.2, 0.25) is 0 Å². The summed E-state index contributed by atoms with van der Waals surface area (Å²) in [7, 11) is 3.10. The normalized spacial score (nSPS) is 25.1. The second kappa shape index (κ2) is 8.09. The van der Waals surface area contributed by atoms with Gasteiger partial charge in [-0.3, -0.25) is 4.79 Å². The van der Waals surface area contributed by atoms with Gasteiger partial charge in [0.15, 0.2) is 18.1 Å². The van der Waals surface area contributed by atoms with Crippen molar-refractivity contribution in [2.24, 2.45) is 10.8 Å². The predicted molar refractivity (Wildman–Crippen MR) is 111 cm³/mol. The van der Waals surface area contributed by atoms with Crippen LogP contribution in [0.2, 0.25) is 0 Å². The highest BCUT2D eigenvalue weighted by Crippen LogP contribution is 2.52. The Balaban J connectivity index is 1.58. The molecule has 3 rings (SSSR count). The van der Waals surface area contributed by atoms with E-state index in [0.29, 0.717) is 17.1 Å². The molecule has 6 nitrogen and oxygen atoms in total. The second-order valence-electron chi connectivity index (χ2n) is 9.26. The molecule has 158 valence electrons. The number of carbonyl (C=O) groups excluding carboxylic acids is 2. The Morgan fingerprint density at radius 3 is 2.62 bits per heavy atom. The summed E-state index contributed by atoms with van der Waals surface area (Å²) in [6.45, 7) is 7.30. The van der Waals surface area contributed by atoms with Gasteiger partial charge in [-0.25, -0.2) is 4.79 Å². The molecule has 0 unspecified atom stereocenters. The molecule has 0 N–H and O–H groups in total. The molecule has 6 heteroatoms. The smallest absolute Gasteiger partial charge is 0.331 e. The van der Waals surface area contributed by atoms with Gasteiger partial charge in [0, 0.05) is 24.2 Å². The standard InChI is InChI=1S/C23H31NO5/c1-22(2)11-17-12-23(3,14-22)15-24(17)19(25)13-29-20(26)10-9-16-7-6-8-18(27-4)21(16)28-5/h6-10,17H,11-15H2,1-5H3/b10-9+/t17-,23-/m0/s1. The molecular weight excluding hydrogens is 370 g/mol. The third-order valence-corrected chi connectivity index (χ3v) is 5.91. The summed E-state index contributed by atoms with van der Waals surface area (Å²) in [4.78, 5) is 26.7. The second-order valence-corrected chi connectivity index (χ2v) is 9.26. The number of nitrogens with zero attached hydrogens (tertiary/aromatic N) is 1. The van der Waals surface area contributed by atoms with E-state index in [0.717, 1.165) is 25.8 Å². The number of ether oxygens (including phenoxy) is 3. The van der Waals surface area contributed by atoms with Gasteiger partial charge in [0.1, 0.15) is 0 Å². The van der Waals surface area contributed by atoms with E-state index in [9.17, 15) is 9.59 Å². The number of hydrogen-bond acceptors (Lipinski definition) is 5. The zero-order chi connectivity index (χ0) is 21.2. The highest BCUT2D eigenvalue weighted by Gasteiger charge is 2.50. The van der Waals surface area contributed by atoms with Gasteiger partial charge in [-0.2, -0.15) is 0 Å². The summed E-state index contributed by atoms with van der Waals surface area (Å²) in [5.74, 6) is 0.444. The van der Waals surface area contributed by atoms with Crippen LogP contribution in [0.1, 0.15) is 45.6 Å². The van der Waals surface area contributed by atoms with E-state index in [2.05, 4.69) is 20.8 Å². The van der Waals surface area contributed by atoms with Crippen LogP contribution in [0.15, 0.2) is 24.3 Å². The number of benzene rings is 1. The van der Waals surface area contributed by atoms with Gasteiger partial charge in [0.05, 0.1) is 14.2 Å². The number of rotatable bonds is 6. The van der Waals surface area contributed by atoms with Crippen LogP contribution in [-0.4, -0.2) is 50.2 Å². The van der Waals surface area contributed by atoms with Gasteiger partial charge in [0.25, 0.3) is 5.91 Å². The molecule has 0 spiro atoms. The van der Waals surface area contributed by atoms with Crippen molar-refractivity contribution in [1.82, 2.24) is 4.90 Å². The first kappa shape index (κ1) is 21.2. The molecule has 1 aliphatic heterocycles. The van der Waals surface area contributed by atoms with Crippen LogP contribution in [0.4, 0.5) is 0 Å². The number of amides is 1. The molecule has 1 saturated heterocycles. The Morgan fingerprint density at radius 1 is 1.17 bits per heavy atom. The van der Waals surface area contributed by atoms with E-state index in [1.54, 1.807) is 26.4 Å². The number of para-hydroxylation sites is 1. The summed E-state index contributed by atoms with van der Waals surface area (Å²) < 4.78 is 15.8. The molecule has 2 atom stereocenters. The minimum Gasteiger partial charge on any atom is -0.493 e. The lowest BCUT2D eigenvalue weighted by Crippen LogP contribution is -2.39. The minimum absolute atomic E-state index is 0.114. The Morgan fingerprint density at radius 2 is 1.93 bits per heavy atom. The number of carbonyl (C=O) groups is 2. The van der Waals surface area contributed by atoms with Crippen LogP contribution in [0.3, 0.4) is 0 Å². The fraction of sp³-hybridized carbons (Fsp3) is 0.565. The number of hydrogen-bond donors (Lipinski definition) is 0. The van der Waals surface area contributed by atoms with Crippen LogP contribution in [0, 0.1) is 10.8 Å². The van der Waals surface area contributed by atoms with E-state index in [4.69, 9.17) is 14.2 Å². The average Bonchev–Trinajstić information content (AvgIpc) is 2.92. The molecule has 1 aliphatic carbocycles. The van der Waals surface area contributed by atoms with Crippen molar-refractivity contribution in [3.63, 3.8) is 0 Å². The molecule has 1 heterocycles. The summed E-state index contributed by atoms with van der Waals surface area (Å²) in [5.41, 5.74) is 1.09. The Hall–Kier alpha value is -2.50. The maximum absolute atomic E-state index is 12.7. The first-order valence-corrected chi connectivity index (χ1v) is 10.0. The lowest BCUT2D eigenvalue weighted by molar-refractivity contribution is -0.148. The average molecular weight is 402 g/mol. The maximum Gasteiger partial charge on any atom is 0.331 e. The summed E-state index contributed by atoms with van der Waals surface area (Å²) >= 11 is 0. The molecule has 1 aromatic carbocycles. The largest absolute Gasteiger partial charge is 0.493 e. The highest BCUT2D eigenvalue weighted by molar-refractivity contribution is 5.90. The molecule has 0 aromatic heterocycles. The molecule has 2 fully saturated rings. The van der Waals surface area contributed by atoms with Gasteiger partial charge in [-0.05, 0) is 42.2 Å². The fourth-order valence-electron chi connectivity index (χ4n) is 5.22. The summed E-state index contributed by atoms with van der Waals surface area (Å²) in [5, 5.41) is 0. The maximum atomic E-state index is 12.7. The van der Waals surface area contributed by atoms with E-state index < -0.39 is 5.97 Å². The number of esters is 1. The predicted octanol–water partition coefficient (Wildman–Crippen LogP) is 3.69. The molecule has 2 aliphatic rings. The summed E-state index contributed by atoms with van der Waals surface area (Å²) in [6.07, 6.45) is 6.05. The van der Waals surface area contributed by atoms with Crippen LogP contribution in [0.25, 0.3) is 6.08 Å². The van der Waals surface area contributed by atoms with Crippen LogP contribution >= 0.6 is 0 Å². The number of fused-ring (bicyclic) bond motifs is 2. The lowest BCUT2D eigenvalue weighted by Gasteiger charge is -2.39. The molecule has 2 bridgehead atoms. The molecule has 0 radical (unpaired) electrons. The van der Waals surface area contributed by atoms with Crippen LogP contribution in [-0.2, 0) is 14.3 Å². The third kappa shape index (κ3) is 4.74. The molecule has 1 amide bonds. The lowest BCUT2D eigenvalue weighted by atomic mass is 9.65. The number of methoxy groups -OCH3 is 2. The minimum atomic E-state index is -0.558. The van der Waals surface area contributed by atoms with Crippen molar-refractivity contribution in [2.45, 2.75) is 46.1 Å². The zero-order valence-electron chi connectivity index (χ0n) is 18.0. The number of likely N-dealkylation sites (tertiary alicyclic amines) is 1.